The Hall–Kier alpha value is -1.39. The van der Waals surface area contributed by atoms with Gasteiger partial charge in [0.1, 0.15) is 11.6 Å². The summed E-state index contributed by atoms with van der Waals surface area (Å²) in [5.74, 6) is 0.597. The fourth-order valence-corrected chi connectivity index (χ4v) is 2.96. The van der Waals surface area contributed by atoms with Crippen LogP contribution in [0.2, 0.25) is 0 Å². The smallest absolute Gasteiger partial charge is 0.126 e. The van der Waals surface area contributed by atoms with Gasteiger partial charge in [-0.2, -0.15) is 0 Å². The molecule has 0 saturated carbocycles. The second kappa shape index (κ2) is 7.57. The molecule has 4 heteroatoms. The van der Waals surface area contributed by atoms with Gasteiger partial charge >= 0.3 is 0 Å². The topological polar surface area (TPSA) is 21.3 Å². The summed E-state index contributed by atoms with van der Waals surface area (Å²) in [4.78, 5) is 1.30. The van der Waals surface area contributed by atoms with Crippen LogP contribution in [-0.2, 0) is 6.42 Å². The number of ether oxygens (including phenoxy) is 1. The maximum Gasteiger partial charge on any atom is 0.126 e. The third-order valence-corrected chi connectivity index (χ3v) is 4.39. The van der Waals surface area contributed by atoms with Crippen LogP contribution in [0.25, 0.3) is 0 Å². The van der Waals surface area contributed by atoms with Gasteiger partial charge in [0.05, 0.1) is 6.61 Å². The van der Waals surface area contributed by atoms with Crippen molar-refractivity contribution in [2.24, 2.45) is 0 Å². The van der Waals surface area contributed by atoms with Crippen LogP contribution in [0.5, 0.6) is 5.75 Å². The van der Waals surface area contributed by atoms with Crippen molar-refractivity contribution in [1.29, 1.82) is 0 Å². The first-order chi connectivity index (χ1) is 10.1. The molecule has 2 aromatic rings. The van der Waals surface area contributed by atoms with Gasteiger partial charge in [-0.05, 0) is 49.5 Å². The van der Waals surface area contributed by atoms with E-state index in [1.54, 1.807) is 30.4 Å². The fraction of sp³-hybridized carbons (Fsp3) is 0.412. The van der Waals surface area contributed by atoms with Gasteiger partial charge in [-0.1, -0.05) is 13.0 Å². The van der Waals surface area contributed by atoms with Crippen LogP contribution in [0.15, 0.2) is 29.6 Å². The van der Waals surface area contributed by atoms with Crippen LogP contribution >= 0.6 is 11.3 Å². The van der Waals surface area contributed by atoms with E-state index in [2.05, 4.69) is 16.8 Å². The second-order valence-electron chi connectivity index (χ2n) is 5.10. The van der Waals surface area contributed by atoms with E-state index in [4.69, 9.17) is 4.74 Å². The van der Waals surface area contributed by atoms with E-state index in [9.17, 15) is 4.39 Å². The Labute approximate surface area is 130 Å². The minimum Gasteiger partial charge on any atom is -0.493 e. The fourth-order valence-electron chi connectivity index (χ4n) is 2.27. The summed E-state index contributed by atoms with van der Waals surface area (Å²) in [6.07, 6.45) is 0.878. The van der Waals surface area contributed by atoms with Gasteiger partial charge in [-0.15, -0.1) is 11.3 Å². The summed E-state index contributed by atoms with van der Waals surface area (Å²) < 4.78 is 19.7. The largest absolute Gasteiger partial charge is 0.493 e. The number of hydrogen-bond donors (Lipinski definition) is 1. The summed E-state index contributed by atoms with van der Waals surface area (Å²) in [6.45, 7) is 7.28. The first-order valence-corrected chi connectivity index (χ1v) is 8.18. The normalized spacial score (nSPS) is 12.4. The molecule has 0 aliphatic carbocycles. The lowest BCUT2D eigenvalue weighted by Gasteiger charge is -2.18. The van der Waals surface area contributed by atoms with Crippen molar-refractivity contribution >= 4 is 11.3 Å². The number of benzene rings is 1. The van der Waals surface area contributed by atoms with Crippen LogP contribution in [0, 0.1) is 12.7 Å². The first kappa shape index (κ1) is 16.0. The minimum atomic E-state index is -0.180. The molecule has 0 radical (unpaired) electrons. The van der Waals surface area contributed by atoms with Gasteiger partial charge in [0.2, 0.25) is 0 Å². The van der Waals surface area contributed by atoms with Gasteiger partial charge in [0.25, 0.3) is 0 Å². The van der Waals surface area contributed by atoms with Gasteiger partial charge in [0.15, 0.2) is 0 Å². The zero-order valence-electron chi connectivity index (χ0n) is 12.8. The number of hydrogen-bond acceptors (Lipinski definition) is 3. The quantitative estimate of drug-likeness (QED) is 0.814. The first-order valence-electron chi connectivity index (χ1n) is 7.30. The molecule has 0 aliphatic heterocycles. The summed E-state index contributed by atoms with van der Waals surface area (Å²) in [6, 6.07) is 7.60. The average Bonchev–Trinajstić information content (AvgIpc) is 2.96. The van der Waals surface area contributed by atoms with Crippen molar-refractivity contribution in [2.75, 3.05) is 13.2 Å². The molecule has 1 heterocycles. The maximum atomic E-state index is 13.8. The van der Waals surface area contributed by atoms with Crippen LogP contribution in [0.3, 0.4) is 0 Å². The molecule has 2 nitrogen and oxygen atoms in total. The van der Waals surface area contributed by atoms with Crippen LogP contribution in [0.4, 0.5) is 4.39 Å². The Morgan fingerprint density at radius 3 is 2.86 bits per heavy atom. The lowest BCUT2D eigenvalue weighted by atomic mass is 10.0. The molecule has 1 N–H and O–H groups in total. The Morgan fingerprint density at radius 1 is 1.38 bits per heavy atom. The van der Waals surface area contributed by atoms with E-state index in [0.29, 0.717) is 12.2 Å². The molecule has 0 fully saturated rings. The van der Waals surface area contributed by atoms with E-state index in [-0.39, 0.29) is 11.9 Å². The molecule has 1 atom stereocenters. The van der Waals surface area contributed by atoms with Gasteiger partial charge in [-0.3, -0.25) is 0 Å². The van der Waals surface area contributed by atoms with Crippen LogP contribution < -0.4 is 10.1 Å². The molecular formula is C17H22FNOS. The van der Waals surface area contributed by atoms with E-state index in [0.717, 1.165) is 24.3 Å². The zero-order chi connectivity index (χ0) is 15.2. The summed E-state index contributed by atoms with van der Waals surface area (Å²) >= 11 is 1.73. The van der Waals surface area contributed by atoms with Crippen molar-refractivity contribution in [2.45, 2.75) is 33.2 Å². The molecule has 0 saturated heterocycles. The highest BCUT2D eigenvalue weighted by atomic mass is 32.1. The third kappa shape index (κ3) is 4.29. The molecule has 1 aromatic heterocycles. The van der Waals surface area contributed by atoms with Crippen molar-refractivity contribution in [3.8, 4) is 5.75 Å². The predicted octanol–water partition coefficient (Wildman–Crippen LogP) is 4.49. The molecule has 0 bridgehead atoms. The van der Waals surface area contributed by atoms with E-state index in [1.807, 2.05) is 19.9 Å². The molecule has 114 valence electrons. The number of thiophene rings is 1. The molecule has 0 spiro atoms. The van der Waals surface area contributed by atoms with Crippen LogP contribution in [-0.4, -0.2) is 13.2 Å². The lowest BCUT2D eigenvalue weighted by molar-refractivity contribution is 0.315. The molecule has 0 amide bonds. The summed E-state index contributed by atoms with van der Waals surface area (Å²) in [5.41, 5.74) is 1.50. The van der Waals surface area contributed by atoms with Crippen molar-refractivity contribution < 1.29 is 9.13 Å². The Balaban J connectivity index is 2.10. The number of aryl methyl sites for hydroxylation is 1. The second-order valence-corrected chi connectivity index (χ2v) is 6.13. The van der Waals surface area contributed by atoms with E-state index >= 15 is 0 Å². The Bertz CT molecular complexity index is 568. The van der Waals surface area contributed by atoms with Gasteiger partial charge in [0, 0.05) is 22.9 Å². The number of rotatable bonds is 7. The summed E-state index contributed by atoms with van der Waals surface area (Å²) in [7, 11) is 0. The molecule has 1 aromatic carbocycles. The Morgan fingerprint density at radius 2 is 2.19 bits per heavy atom. The maximum absolute atomic E-state index is 13.8. The van der Waals surface area contributed by atoms with E-state index in [1.165, 1.54) is 4.88 Å². The highest BCUT2D eigenvalue weighted by Gasteiger charge is 2.14. The molecular weight excluding hydrogens is 285 g/mol. The highest BCUT2D eigenvalue weighted by Crippen LogP contribution is 2.28. The van der Waals surface area contributed by atoms with Crippen molar-refractivity contribution in [3.63, 3.8) is 0 Å². The van der Waals surface area contributed by atoms with Crippen LogP contribution in [0.1, 0.15) is 35.9 Å². The molecule has 21 heavy (non-hydrogen) atoms. The number of halogens is 1. The third-order valence-electron chi connectivity index (χ3n) is 3.45. The Kier molecular flexibility index (Phi) is 5.76. The zero-order valence-corrected chi connectivity index (χ0v) is 13.6. The van der Waals surface area contributed by atoms with Crippen molar-refractivity contribution in [3.05, 3.63) is 51.5 Å². The monoisotopic (exact) mass is 307 g/mol. The summed E-state index contributed by atoms with van der Waals surface area (Å²) in [5, 5.41) is 5.37. The van der Waals surface area contributed by atoms with E-state index < -0.39 is 0 Å². The SMILES string of the molecule is CCNC(C)c1cc(F)c(C)cc1OCCc1cccs1. The van der Waals surface area contributed by atoms with Gasteiger partial charge < -0.3 is 10.1 Å². The lowest BCUT2D eigenvalue weighted by Crippen LogP contribution is -2.19. The highest BCUT2D eigenvalue weighted by molar-refractivity contribution is 7.09. The predicted molar refractivity (Wildman–Crippen MR) is 86.7 cm³/mol. The average molecular weight is 307 g/mol. The van der Waals surface area contributed by atoms with Gasteiger partial charge in [-0.25, -0.2) is 4.39 Å². The molecule has 1 unspecified atom stereocenters. The standard InChI is InChI=1S/C17H22FNOS/c1-4-19-13(3)15-11-16(18)12(2)10-17(15)20-8-7-14-6-5-9-21-14/h5-6,9-11,13,19H,4,7-8H2,1-3H3. The number of nitrogens with one attached hydrogen (secondary N) is 1. The molecule has 2 rings (SSSR count). The molecule has 0 aliphatic rings. The minimum absolute atomic E-state index is 0.0711. The van der Waals surface area contributed by atoms with Crippen molar-refractivity contribution in [1.82, 2.24) is 5.32 Å².